The molecule has 1 fully saturated rings. The van der Waals surface area contributed by atoms with E-state index in [1.165, 1.54) is 21.7 Å². The number of aryl methyl sites for hydroxylation is 1. The summed E-state index contributed by atoms with van der Waals surface area (Å²) in [5.74, 6) is 0. The topological polar surface area (TPSA) is 37.9 Å². The molecule has 0 radical (unpaired) electrons. The molecule has 1 aliphatic heterocycles. The summed E-state index contributed by atoms with van der Waals surface area (Å²) >= 11 is 6.38. The highest BCUT2D eigenvalue weighted by molar-refractivity contribution is 6.32. The van der Waals surface area contributed by atoms with Crippen LogP contribution in [-0.2, 0) is 6.18 Å². The number of benzene rings is 1. The van der Waals surface area contributed by atoms with Gasteiger partial charge >= 0.3 is 6.18 Å². The first kappa shape index (κ1) is 18.7. The van der Waals surface area contributed by atoms with Gasteiger partial charge in [-0.15, -0.1) is 0 Å². The normalized spacial score (nSPS) is 16.6. The van der Waals surface area contributed by atoms with Crippen molar-refractivity contribution in [3.63, 3.8) is 0 Å². The Morgan fingerprint density at radius 1 is 1.27 bits per heavy atom. The first-order valence-corrected chi connectivity index (χ1v) is 8.66. The molecule has 0 amide bonds. The van der Waals surface area contributed by atoms with Crippen LogP contribution in [0.4, 0.5) is 13.2 Å². The molecule has 0 atom stereocenters. The number of aromatic nitrogens is 2. The van der Waals surface area contributed by atoms with Crippen molar-refractivity contribution in [1.82, 2.24) is 14.8 Å². The number of piperazine rings is 1. The van der Waals surface area contributed by atoms with Crippen LogP contribution in [0.15, 0.2) is 29.4 Å². The van der Waals surface area contributed by atoms with Crippen LogP contribution < -0.4 is 4.90 Å². The molecule has 5 nitrogen and oxygen atoms in total. The maximum Gasteiger partial charge on any atom is 0.416 e. The molecule has 0 spiro atoms. The van der Waals surface area contributed by atoms with Gasteiger partial charge in [0, 0.05) is 0 Å². The van der Waals surface area contributed by atoms with E-state index in [1.54, 1.807) is 13.1 Å². The van der Waals surface area contributed by atoms with E-state index in [2.05, 4.69) is 17.2 Å². The number of hydrogen-bond acceptors (Lipinski definition) is 3. The highest BCUT2D eigenvalue weighted by atomic mass is 35.5. The average molecular weight is 387 g/mol. The SMILES string of the molecule is Cc1nn(-c2cccc(C(F)(F)F)c2)c(Cl)c1/C=N/N1CC[NH+](C)CC1. The fraction of sp³-hybridized carbons (Fsp3) is 0.412. The quantitative estimate of drug-likeness (QED) is 0.820. The van der Waals surface area contributed by atoms with E-state index in [9.17, 15) is 13.2 Å². The molecular formula is C17H20ClF3N5+. The van der Waals surface area contributed by atoms with Crippen molar-refractivity contribution >= 4 is 17.8 Å². The van der Waals surface area contributed by atoms with Crippen molar-refractivity contribution in [2.24, 2.45) is 5.10 Å². The van der Waals surface area contributed by atoms with E-state index < -0.39 is 11.7 Å². The van der Waals surface area contributed by atoms with Gasteiger partial charge in [-0.05, 0) is 25.1 Å². The van der Waals surface area contributed by atoms with Gasteiger partial charge in [-0.2, -0.15) is 23.4 Å². The van der Waals surface area contributed by atoms with Crippen molar-refractivity contribution in [2.75, 3.05) is 33.2 Å². The Bertz CT molecular complexity index is 807. The molecule has 140 valence electrons. The summed E-state index contributed by atoms with van der Waals surface area (Å²) in [4.78, 5) is 1.46. The van der Waals surface area contributed by atoms with Gasteiger partial charge in [-0.25, -0.2) is 4.68 Å². The van der Waals surface area contributed by atoms with Gasteiger partial charge in [-0.3, -0.25) is 5.01 Å². The Balaban J connectivity index is 1.87. The third kappa shape index (κ3) is 4.02. The lowest BCUT2D eigenvalue weighted by atomic mass is 10.2. The smallest absolute Gasteiger partial charge is 0.334 e. The van der Waals surface area contributed by atoms with Crippen LogP contribution >= 0.6 is 11.6 Å². The van der Waals surface area contributed by atoms with Crippen molar-refractivity contribution in [3.05, 3.63) is 46.2 Å². The predicted molar refractivity (Wildman–Crippen MR) is 94.1 cm³/mol. The van der Waals surface area contributed by atoms with Gasteiger partial charge in [-0.1, -0.05) is 17.7 Å². The lowest BCUT2D eigenvalue weighted by Crippen LogP contribution is -3.11. The monoisotopic (exact) mass is 386 g/mol. The van der Waals surface area contributed by atoms with E-state index in [0.717, 1.165) is 38.3 Å². The first-order chi connectivity index (χ1) is 12.3. The molecule has 3 rings (SSSR count). The minimum Gasteiger partial charge on any atom is -0.334 e. The number of rotatable bonds is 3. The largest absolute Gasteiger partial charge is 0.416 e. The molecule has 1 aromatic heterocycles. The van der Waals surface area contributed by atoms with Crippen LogP contribution in [0.2, 0.25) is 5.15 Å². The summed E-state index contributed by atoms with van der Waals surface area (Å²) in [5, 5.41) is 10.9. The third-order valence-corrected chi connectivity index (χ3v) is 4.77. The van der Waals surface area contributed by atoms with Gasteiger partial charge in [0.05, 0.1) is 61.9 Å². The molecule has 1 N–H and O–H groups in total. The standard InChI is InChI=1S/C17H19ClF3N5/c1-12-15(11-22-25-8-6-24(2)7-9-25)16(18)26(23-12)14-5-3-4-13(10-14)17(19,20)21/h3-5,10-11H,6-9H2,1-2H3/p+1/b22-11+. The Morgan fingerprint density at radius 3 is 2.62 bits per heavy atom. The Hall–Kier alpha value is -2.06. The predicted octanol–water partition coefficient (Wildman–Crippen LogP) is 2.02. The summed E-state index contributed by atoms with van der Waals surface area (Å²) in [5.41, 5.74) is 0.733. The maximum atomic E-state index is 12.9. The Morgan fingerprint density at radius 2 is 1.96 bits per heavy atom. The summed E-state index contributed by atoms with van der Waals surface area (Å²) in [6.07, 6.45) is -2.78. The zero-order valence-electron chi connectivity index (χ0n) is 14.5. The zero-order chi connectivity index (χ0) is 18.9. The van der Waals surface area contributed by atoms with E-state index in [1.807, 2.05) is 5.01 Å². The van der Waals surface area contributed by atoms with Gasteiger partial charge in [0.15, 0.2) is 0 Å². The zero-order valence-corrected chi connectivity index (χ0v) is 15.3. The molecule has 0 saturated carbocycles. The molecule has 0 bridgehead atoms. The number of likely N-dealkylation sites (N-methyl/N-ethyl adjacent to an activating group) is 1. The number of nitrogens with one attached hydrogen (secondary N) is 1. The van der Waals surface area contributed by atoms with Crippen LogP contribution in [0.1, 0.15) is 16.8 Å². The van der Waals surface area contributed by atoms with Crippen molar-refractivity contribution in [2.45, 2.75) is 13.1 Å². The molecule has 1 aliphatic rings. The maximum absolute atomic E-state index is 12.9. The Kier molecular flexibility index (Phi) is 5.24. The second-order valence-electron chi connectivity index (χ2n) is 6.41. The molecule has 1 saturated heterocycles. The molecule has 0 unspecified atom stereocenters. The second-order valence-corrected chi connectivity index (χ2v) is 6.76. The van der Waals surface area contributed by atoms with Crippen LogP contribution in [0.5, 0.6) is 0 Å². The molecule has 9 heteroatoms. The van der Waals surface area contributed by atoms with Gasteiger partial charge in [0.25, 0.3) is 0 Å². The van der Waals surface area contributed by atoms with Crippen LogP contribution in [0.3, 0.4) is 0 Å². The number of alkyl halides is 3. The van der Waals surface area contributed by atoms with Gasteiger partial charge in [0.2, 0.25) is 0 Å². The highest BCUT2D eigenvalue weighted by Gasteiger charge is 2.30. The van der Waals surface area contributed by atoms with Crippen LogP contribution in [-0.4, -0.2) is 54.2 Å². The summed E-state index contributed by atoms with van der Waals surface area (Å²) < 4.78 is 40.1. The number of halogens is 4. The number of hydrazone groups is 1. The van der Waals surface area contributed by atoms with Crippen molar-refractivity contribution in [3.8, 4) is 5.69 Å². The lowest BCUT2D eigenvalue weighted by Gasteiger charge is -2.27. The fourth-order valence-corrected chi connectivity index (χ4v) is 3.10. The summed E-state index contributed by atoms with van der Waals surface area (Å²) in [6.45, 7) is 5.47. The first-order valence-electron chi connectivity index (χ1n) is 8.28. The highest BCUT2D eigenvalue weighted by Crippen LogP contribution is 2.31. The van der Waals surface area contributed by atoms with E-state index in [4.69, 9.17) is 11.6 Å². The fourth-order valence-electron chi connectivity index (χ4n) is 2.77. The number of hydrogen-bond donors (Lipinski definition) is 1. The van der Waals surface area contributed by atoms with Crippen molar-refractivity contribution in [1.29, 1.82) is 0 Å². The second kappa shape index (κ2) is 7.28. The molecule has 0 aliphatic carbocycles. The minimum absolute atomic E-state index is 0.241. The molecular weight excluding hydrogens is 367 g/mol. The summed E-state index contributed by atoms with van der Waals surface area (Å²) in [6, 6.07) is 4.93. The minimum atomic E-state index is -4.42. The molecule has 1 aromatic carbocycles. The number of nitrogens with zero attached hydrogens (tertiary/aromatic N) is 4. The van der Waals surface area contributed by atoms with Gasteiger partial charge < -0.3 is 4.90 Å². The lowest BCUT2D eigenvalue weighted by molar-refractivity contribution is -0.884. The van der Waals surface area contributed by atoms with E-state index >= 15 is 0 Å². The molecule has 26 heavy (non-hydrogen) atoms. The van der Waals surface area contributed by atoms with Gasteiger partial charge in [0.1, 0.15) is 5.15 Å². The van der Waals surface area contributed by atoms with Crippen molar-refractivity contribution < 1.29 is 18.1 Å². The number of quaternary nitrogens is 1. The third-order valence-electron chi connectivity index (χ3n) is 4.41. The summed E-state index contributed by atoms with van der Waals surface area (Å²) in [7, 11) is 2.14. The molecule has 2 heterocycles. The van der Waals surface area contributed by atoms with E-state index in [0.29, 0.717) is 11.3 Å². The average Bonchev–Trinajstić information content (AvgIpc) is 2.88. The van der Waals surface area contributed by atoms with Crippen LogP contribution in [0.25, 0.3) is 5.69 Å². The Labute approximate surface area is 154 Å². The van der Waals surface area contributed by atoms with E-state index in [-0.39, 0.29) is 10.8 Å². The molecule has 2 aromatic rings. The van der Waals surface area contributed by atoms with Crippen LogP contribution in [0, 0.1) is 6.92 Å².